The van der Waals surface area contributed by atoms with Gasteiger partial charge in [-0.05, 0) is 37.5 Å². The molecule has 0 aliphatic heterocycles. The zero-order valence-corrected chi connectivity index (χ0v) is 54.6. The largest absolute Gasteiger partial charge is 0.472 e. The average molecular weight is 1210 g/mol. The lowest BCUT2D eigenvalue weighted by Gasteiger charge is -2.21. The second-order valence-corrected chi connectivity index (χ2v) is 26.2. The fourth-order valence-corrected chi connectivity index (χ4v) is 10.9. The van der Waals surface area contributed by atoms with E-state index in [9.17, 15) is 43.2 Å². The van der Waals surface area contributed by atoms with Gasteiger partial charge in [0.15, 0.2) is 12.2 Å². The van der Waals surface area contributed by atoms with Gasteiger partial charge in [-0.2, -0.15) is 0 Å². The van der Waals surface area contributed by atoms with Crippen molar-refractivity contribution in [2.75, 3.05) is 39.6 Å². The van der Waals surface area contributed by atoms with Gasteiger partial charge < -0.3 is 33.8 Å². The van der Waals surface area contributed by atoms with Crippen molar-refractivity contribution in [3.63, 3.8) is 0 Å². The fraction of sp³-hybridized carbons (Fsp3) is 0.937. The third kappa shape index (κ3) is 54.7. The number of phosphoric ester groups is 2. The van der Waals surface area contributed by atoms with E-state index >= 15 is 0 Å². The van der Waals surface area contributed by atoms with Crippen LogP contribution in [0.5, 0.6) is 0 Å². The molecule has 0 aromatic heterocycles. The van der Waals surface area contributed by atoms with E-state index in [0.717, 1.165) is 115 Å². The standard InChI is InChI=1S/C63H122O17P2/c1-7-11-13-15-17-19-20-21-22-23-24-26-35-41-47-62(67)79-58(52-74-61(66)46-40-34-29-27-31-37-43-55(5)9-3)53-77-81(69,70)75-49-57(64)50-76-82(71,72)78-54-59(51-73-60(65)45-39-33-25-18-16-14-12-8-2)80-63(68)48-42-36-30-28-32-38-44-56(6)10-4/h55-59,64H,7-54H2,1-6H3,(H,69,70)(H,71,72)/t55?,56?,57-,58-,59-/m1/s1. The first kappa shape index (κ1) is 80.1. The molecule has 486 valence electrons. The normalized spacial score (nSPS) is 15.0. The van der Waals surface area contributed by atoms with Gasteiger partial charge in [-0.15, -0.1) is 0 Å². The Morgan fingerprint density at radius 3 is 0.866 bits per heavy atom. The Bertz CT molecular complexity index is 1620. The Labute approximate surface area is 498 Å². The number of rotatable bonds is 62. The molecule has 0 heterocycles. The summed E-state index contributed by atoms with van der Waals surface area (Å²) < 4.78 is 67.9. The summed E-state index contributed by atoms with van der Waals surface area (Å²) in [4.78, 5) is 72.1. The number of hydrogen-bond acceptors (Lipinski definition) is 15. The van der Waals surface area contributed by atoms with Gasteiger partial charge in [0.05, 0.1) is 26.4 Å². The Kier molecular flexibility index (Phi) is 54.3. The topological polar surface area (TPSA) is 237 Å². The molecule has 0 amide bonds. The SMILES string of the molecule is CCCCCCCCCCCCCCCCC(=O)O[C@H](COC(=O)CCCCCCCCC(C)CC)COP(=O)(O)OC[C@@H](O)COP(=O)(O)OC[C@@H](COC(=O)CCCCCCCCCC)OC(=O)CCCCCCCCC(C)CC. The van der Waals surface area contributed by atoms with Crippen molar-refractivity contribution in [1.82, 2.24) is 0 Å². The molecule has 0 saturated heterocycles. The zero-order valence-electron chi connectivity index (χ0n) is 52.8. The second-order valence-electron chi connectivity index (χ2n) is 23.3. The highest BCUT2D eigenvalue weighted by molar-refractivity contribution is 7.47. The number of esters is 4. The molecule has 0 bridgehead atoms. The molecular weight excluding hydrogens is 1090 g/mol. The van der Waals surface area contributed by atoms with E-state index in [4.69, 9.17) is 37.0 Å². The minimum atomic E-state index is -4.94. The van der Waals surface area contributed by atoms with E-state index in [1.165, 1.54) is 116 Å². The summed E-state index contributed by atoms with van der Waals surface area (Å²) >= 11 is 0. The molecule has 0 radical (unpaired) electrons. The molecule has 19 heteroatoms. The van der Waals surface area contributed by atoms with Crippen molar-refractivity contribution in [1.29, 1.82) is 0 Å². The number of hydrogen-bond donors (Lipinski definition) is 3. The number of aliphatic hydroxyl groups is 1. The first-order valence-electron chi connectivity index (χ1n) is 33.1. The van der Waals surface area contributed by atoms with E-state index in [0.29, 0.717) is 25.7 Å². The van der Waals surface area contributed by atoms with E-state index in [-0.39, 0.29) is 25.7 Å². The molecule has 7 atom stereocenters. The van der Waals surface area contributed by atoms with Crippen LogP contribution in [0.2, 0.25) is 0 Å². The van der Waals surface area contributed by atoms with Crippen molar-refractivity contribution in [2.24, 2.45) is 11.8 Å². The molecule has 0 rings (SSSR count). The smallest absolute Gasteiger partial charge is 0.462 e. The van der Waals surface area contributed by atoms with Gasteiger partial charge in [-0.3, -0.25) is 37.3 Å². The summed E-state index contributed by atoms with van der Waals surface area (Å²) in [5, 5.41) is 10.5. The lowest BCUT2D eigenvalue weighted by molar-refractivity contribution is -0.161. The van der Waals surface area contributed by atoms with Gasteiger partial charge in [-0.25, -0.2) is 9.13 Å². The number of carbonyl (C=O) groups is 4. The molecule has 17 nitrogen and oxygen atoms in total. The second kappa shape index (κ2) is 55.6. The molecule has 0 aliphatic carbocycles. The number of ether oxygens (including phenoxy) is 4. The minimum Gasteiger partial charge on any atom is -0.462 e. The van der Waals surface area contributed by atoms with Gasteiger partial charge in [0.2, 0.25) is 0 Å². The van der Waals surface area contributed by atoms with Crippen LogP contribution in [0.25, 0.3) is 0 Å². The fourth-order valence-electron chi connectivity index (χ4n) is 9.29. The number of aliphatic hydroxyl groups excluding tert-OH is 1. The molecule has 0 aromatic carbocycles. The zero-order chi connectivity index (χ0) is 60.8. The van der Waals surface area contributed by atoms with Crippen LogP contribution in [-0.2, 0) is 65.4 Å². The van der Waals surface area contributed by atoms with Crippen LogP contribution in [0.15, 0.2) is 0 Å². The number of unbranched alkanes of at least 4 members (excludes halogenated alkanes) is 30. The molecule has 0 saturated carbocycles. The average Bonchev–Trinajstić information content (AvgIpc) is 3.45. The lowest BCUT2D eigenvalue weighted by atomic mass is 10.00. The monoisotopic (exact) mass is 1210 g/mol. The van der Waals surface area contributed by atoms with E-state index in [1.54, 1.807) is 0 Å². The Morgan fingerprint density at radius 1 is 0.341 bits per heavy atom. The van der Waals surface area contributed by atoms with E-state index < -0.39 is 97.5 Å². The van der Waals surface area contributed by atoms with Crippen molar-refractivity contribution in [3.8, 4) is 0 Å². The predicted molar refractivity (Wildman–Crippen MR) is 326 cm³/mol. The maximum Gasteiger partial charge on any atom is 0.472 e. The van der Waals surface area contributed by atoms with Gasteiger partial charge in [0.1, 0.15) is 19.3 Å². The summed E-state index contributed by atoms with van der Waals surface area (Å²) in [5.74, 6) is -0.688. The summed E-state index contributed by atoms with van der Waals surface area (Å²) in [5.41, 5.74) is 0. The van der Waals surface area contributed by atoms with Gasteiger partial charge in [0.25, 0.3) is 0 Å². The molecule has 0 aliphatic rings. The van der Waals surface area contributed by atoms with Crippen LogP contribution in [0.1, 0.15) is 311 Å². The third-order valence-corrected chi connectivity index (χ3v) is 17.1. The van der Waals surface area contributed by atoms with E-state index in [2.05, 4.69) is 41.5 Å². The van der Waals surface area contributed by atoms with Gasteiger partial charge in [-0.1, -0.05) is 260 Å². The predicted octanol–water partition coefficient (Wildman–Crippen LogP) is 17.3. The number of carbonyl (C=O) groups excluding carboxylic acids is 4. The van der Waals surface area contributed by atoms with Gasteiger partial charge >= 0.3 is 39.5 Å². The number of phosphoric acid groups is 2. The van der Waals surface area contributed by atoms with Crippen molar-refractivity contribution in [2.45, 2.75) is 330 Å². The highest BCUT2D eigenvalue weighted by Crippen LogP contribution is 2.45. The maximum absolute atomic E-state index is 13.0. The summed E-state index contributed by atoms with van der Waals surface area (Å²) in [6.45, 7) is 9.38. The Hall–Kier alpha value is -1.94. The van der Waals surface area contributed by atoms with Crippen LogP contribution in [-0.4, -0.2) is 96.7 Å². The van der Waals surface area contributed by atoms with Crippen LogP contribution in [0.4, 0.5) is 0 Å². The minimum absolute atomic E-state index is 0.103. The molecule has 82 heavy (non-hydrogen) atoms. The van der Waals surface area contributed by atoms with Gasteiger partial charge in [0, 0.05) is 25.7 Å². The first-order valence-corrected chi connectivity index (χ1v) is 36.1. The highest BCUT2D eigenvalue weighted by Gasteiger charge is 2.30. The first-order chi connectivity index (χ1) is 39.4. The third-order valence-electron chi connectivity index (χ3n) is 15.2. The van der Waals surface area contributed by atoms with Crippen LogP contribution in [0.3, 0.4) is 0 Å². The summed E-state index contributed by atoms with van der Waals surface area (Å²) in [6, 6.07) is 0. The van der Waals surface area contributed by atoms with E-state index in [1.807, 2.05) is 0 Å². The Balaban J connectivity index is 5.23. The molecule has 4 unspecified atom stereocenters. The van der Waals surface area contributed by atoms with Crippen molar-refractivity contribution in [3.05, 3.63) is 0 Å². The van der Waals surface area contributed by atoms with Crippen LogP contribution >= 0.6 is 15.6 Å². The summed E-state index contributed by atoms with van der Waals surface area (Å²) in [7, 11) is -9.88. The quantitative estimate of drug-likeness (QED) is 0.0222. The summed E-state index contributed by atoms with van der Waals surface area (Å²) in [6.07, 6.45) is 37.6. The molecule has 0 spiro atoms. The Morgan fingerprint density at radius 2 is 0.585 bits per heavy atom. The van der Waals surface area contributed by atoms with Crippen molar-refractivity contribution < 1.29 is 80.2 Å². The molecular formula is C63H122O17P2. The van der Waals surface area contributed by atoms with Crippen LogP contribution < -0.4 is 0 Å². The maximum atomic E-state index is 13.0. The van der Waals surface area contributed by atoms with Crippen molar-refractivity contribution >= 4 is 39.5 Å². The molecule has 0 fully saturated rings. The highest BCUT2D eigenvalue weighted by atomic mass is 31.2. The molecule has 0 aromatic rings. The lowest BCUT2D eigenvalue weighted by Crippen LogP contribution is -2.30. The van der Waals surface area contributed by atoms with Crippen LogP contribution in [0, 0.1) is 11.8 Å². The molecule has 3 N–H and O–H groups in total.